The normalized spacial score (nSPS) is 25.0. The van der Waals surface area contributed by atoms with Crippen LogP contribution < -0.4 is 5.32 Å². The van der Waals surface area contributed by atoms with Crippen molar-refractivity contribution in [3.63, 3.8) is 0 Å². The van der Waals surface area contributed by atoms with E-state index in [-0.39, 0.29) is 12.1 Å². The second kappa shape index (κ2) is 5.52. The van der Waals surface area contributed by atoms with Gasteiger partial charge in [0.2, 0.25) is 0 Å². The summed E-state index contributed by atoms with van der Waals surface area (Å²) in [5.41, 5.74) is 1.36. The van der Waals surface area contributed by atoms with Gasteiger partial charge in [-0.3, -0.25) is 0 Å². The molecule has 0 aliphatic carbocycles. The minimum absolute atomic E-state index is 0.278. The minimum atomic E-state index is 0.278. The van der Waals surface area contributed by atoms with E-state index in [1.807, 2.05) is 7.05 Å². The number of halogens is 1. The molecule has 102 valence electrons. The molecule has 1 N–H and O–H groups in total. The molecular weight excluding hydrogens is 322 g/mol. The molecule has 2 nitrogen and oxygen atoms in total. The summed E-state index contributed by atoms with van der Waals surface area (Å²) in [4.78, 5) is 0. The number of rotatable bonds is 3. The second-order valence-electron chi connectivity index (χ2n) is 5.18. The average Bonchev–Trinajstić information content (AvgIpc) is 3.00. The molecule has 3 unspecified atom stereocenters. The zero-order valence-corrected chi connectivity index (χ0v) is 13.6. The highest BCUT2D eigenvalue weighted by atomic mass is 79.9. The van der Waals surface area contributed by atoms with E-state index in [4.69, 9.17) is 4.74 Å². The zero-order valence-electron chi connectivity index (χ0n) is 11.2. The van der Waals surface area contributed by atoms with Crippen molar-refractivity contribution in [3.05, 3.63) is 33.6 Å². The molecule has 0 radical (unpaired) electrons. The number of nitrogens with one attached hydrogen (secondary N) is 1. The van der Waals surface area contributed by atoms with Crippen molar-refractivity contribution in [1.82, 2.24) is 5.32 Å². The minimum Gasteiger partial charge on any atom is -0.376 e. The number of thiophene rings is 1. The molecule has 1 aliphatic rings. The summed E-state index contributed by atoms with van der Waals surface area (Å²) >= 11 is 5.44. The first kappa shape index (κ1) is 13.6. The summed E-state index contributed by atoms with van der Waals surface area (Å²) in [5.74, 6) is 0.611. The number of benzene rings is 1. The van der Waals surface area contributed by atoms with E-state index in [2.05, 4.69) is 51.7 Å². The second-order valence-corrected chi connectivity index (χ2v) is 6.91. The lowest BCUT2D eigenvalue weighted by atomic mass is 9.92. The van der Waals surface area contributed by atoms with Crippen LogP contribution in [-0.2, 0) is 4.74 Å². The van der Waals surface area contributed by atoms with Crippen LogP contribution in [0.5, 0.6) is 0 Å². The molecule has 2 aromatic rings. The molecule has 19 heavy (non-hydrogen) atoms. The van der Waals surface area contributed by atoms with Crippen molar-refractivity contribution < 1.29 is 4.74 Å². The molecular formula is C15H18BrNOS. The molecule has 1 fully saturated rings. The van der Waals surface area contributed by atoms with Gasteiger partial charge >= 0.3 is 0 Å². The third-order valence-corrected chi connectivity index (χ3v) is 5.97. The zero-order chi connectivity index (χ0) is 13.4. The van der Waals surface area contributed by atoms with E-state index in [1.165, 1.54) is 20.1 Å². The third-order valence-electron chi connectivity index (χ3n) is 4.00. The topological polar surface area (TPSA) is 21.3 Å². The van der Waals surface area contributed by atoms with Crippen LogP contribution in [0.15, 0.2) is 28.1 Å². The average molecular weight is 340 g/mol. The van der Waals surface area contributed by atoms with Gasteiger partial charge in [-0.25, -0.2) is 0 Å². The van der Waals surface area contributed by atoms with Crippen molar-refractivity contribution in [2.45, 2.75) is 25.5 Å². The molecule has 0 saturated carbocycles. The quantitative estimate of drug-likeness (QED) is 0.897. The maximum Gasteiger partial charge on any atom is 0.0796 e. The van der Waals surface area contributed by atoms with Gasteiger partial charge in [0.1, 0.15) is 0 Å². The van der Waals surface area contributed by atoms with Crippen LogP contribution in [0.25, 0.3) is 10.1 Å². The monoisotopic (exact) mass is 339 g/mol. The van der Waals surface area contributed by atoms with Crippen molar-refractivity contribution in [2.24, 2.45) is 5.92 Å². The summed E-state index contributed by atoms with van der Waals surface area (Å²) in [5, 5.41) is 7.06. The van der Waals surface area contributed by atoms with Gasteiger partial charge in [-0.2, -0.15) is 0 Å². The van der Waals surface area contributed by atoms with Crippen LogP contribution >= 0.6 is 27.3 Å². The Morgan fingerprint density at radius 3 is 3.00 bits per heavy atom. The lowest BCUT2D eigenvalue weighted by Crippen LogP contribution is -2.32. The molecule has 0 bridgehead atoms. The summed E-state index contributed by atoms with van der Waals surface area (Å²) in [6, 6.07) is 6.69. The largest absolute Gasteiger partial charge is 0.376 e. The molecule has 1 aromatic carbocycles. The van der Waals surface area contributed by atoms with Crippen LogP contribution in [0.1, 0.15) is 24.9 Å². The molecule has 3 rings (SSSR count). The fourth-order valence-electron chi connectivity index (χ4n) is 2.92. The van der Waals surface area contributed by atoms with E-state index >= 15 is 0 Å². The number of hydrogen-bond donors (Lipinski definition) is 1. The van der Waals surface area contributed by atoms with E-state index in [9.17, 15) is 0 Å². The van der Waals surface area contributed by atoms with Crippen molar-refractivity contribution >= 4 is 37.4 Å². The number of likely N-dealkylation sites (N-methyl/N-ethyl adjacent to an activating group) is 1. The molecule has 0 spiro atoms. The molecule has 2 heterocycles. The lowest BCUT2D eigenvalue weighted by molar-refractivity contribution is 0.0636. The smallest absolute Gasteiger partial charge is 0.0796 e. The van der Waals surface area contributed by atoms with Crippen LogP contribution in [0.3, 0.4) is 0 Å². The van der Waals surface area contributed by atoms with Crippen molar-refractivity contribution in [3.8, 4) is 0 Å². The highest BCUT2D eigenvalue weighted by molar-refractivity contribution is 9.10. The first-order chi connectivity index (χ1) is 9.22. The van der Waals surface area contributed by atoms with Gasteiger partial charge in [-0.1, -0.05) is 19.1 Å². The van der Waals surface area contributed by atoms with Crippen LogP contribution in [-0.4, -0.2) is 19.8 Å². The molecule has 1 aromatic heterocycles. The van der Waals surface area contributed by atoms with Crippen molar-refractivity contribution in [1.29, 1.82) is 0 Å². The predicted octanol–water partition coefficient (Wildman–Crippen LogP) is 4.35. The first-order valence-corrected chi connectivity index (χ1v) is 8.34. The van der Waals surface area contributed by atoms with Crippen LogP contribution in [0.4, 0.5) is 0 Å². The van der Waals surface area contributed by atoms with Crippen LogP contribution in [0.2, 0.25) is 0 Å². The Balaban J connectivity index is 2.04. The van der Waals surface area contributed by atoms with Gasteiger partial charge in [-0.05, 0) is 57.7 Å². The first-order valence-electron chi connectivity index (χ1n) is 6.67. The standard InChI is InChI=1S/C15H18BrNOS/c1-9-6-7-18-14(9)13(17-2)11-8-19-15-10(11)4-3-5-12(15)16/h3-5,8-9,13-14,17H,6-7H2,1-2H3. The molecule has 1 aliphatic heterocycles. The Bertz CT molecular complexity index is 583. The molecule has 4 heteroatoms. The third kappa shape index (κ3) is 2.35. The fraction of sp³-hybridized carbons (Fsp3) is 0.467. The molecule has 3 atom stereocenters. The summed E-state index contributed by atoms with van der Waals surface area (Å²) in [7, 11) is 2.03. The van der Waals surface area contributed by atoms with E-state index in [1.54, 1.807) is 11.3 Å². The fourth-order valence-corrected chi connectivity index (χ4v) is 4.58. The SMILES string of the molecule is CNC(c1csc2c(Br)cccc12)C1OCCC1C. The summed E-state index contributed by atoms with van der Waals surface area (Å²) < 4.78 is 8.45. The number of ether oxygens (including phenoxy) is 1. The highest BCUT2D eigenvalue weighted by Gasteiger charge is 2.33. The Morgan fingerprint density at radius 2 is 2.32 bits per heavy atom. The Hall–Kier alpha value is -0.420. The van der Waals surface area contributed by atoms with E-state index < -0.39 is 0 Å². The number of fused-ring (bicyclic) bond motifs is 1. The Morgan fingerprint density at radius 1 is 1.47 bits per heavy atom. The predicted molar refractivity (Wildman–Crippen MR) is 84.8 cm³/mol. The van der Waals surface area contributed by atoms with Gasteiger partial charge in [-0.15, -0.1) is 11.3 Å². The van der Waals surface area contributed by atoms with E-state index in [0.717, 1.165) is 13.0 Å². The highest BCUT2D eigenvalue weighted by Crippen LogP contribution is 2.39. The van der Waals surface area contributed by atoms with Gasteiger partial charge < -0.3 is 10.1 Å². The van der Waals surface area contributed by atoms with Gasteiger partial charge in [0.15, 0.2) is 0 Å². The van der Waals surface area contributed by atoms with Gasteiger partial charge in [0.05, 0.1) is 12.1 Å². The summed E-state index contributed by atoms with van der Waals surface area (Å²) in [6.45, 7) is 3.17. The van der Waals surface area contributed by atoms with Crippen molar-refractivity contribution in [2.75, 3.05) is 13.7 Å². The Kier molecular flexibility index (Phi) is 3.94. The number of hydrogen-bond acceptors (Lipinski definition) is 3. The summed E-state index contributed by atoms with van der Waals surface area (Å²) in [6.07, 6.45) is 1.44. The molecule has 0 amide bonds. The maximum atomic E-state index is 5.95. The maximum absolute atomic E-state index is 5.95. The van der Waals surface area contributed by atoms with Gasteiger partial charge in [0, 0.05) is 15.8 Å². The van der Waals surface area contributed by atoms with Gasteiger partial charge in [0.25, 0.3) is 0 Å². The van der Waals surface area contributed by atoms with E-state index in [0.29, 0.717) is 5.92 Å². The lowest BCUT2D eigenvalue weighted by Gasteiger charge is -2.25. The Labute approximate surface area is 126 Å². The van der Waals surface area contributed by atoms with Crippen LogP contribution in [0, 0.1) is 5.92 Å². The molecule has 1 saturated heterocycles.